The Morgan fingerprint density at radius 3 is 2.40 bits per heavy atom. The highest BCUT2D eigenvalue weighted by Crippen LogP contribution is 2.71. The van der Waals surface area contributed by atoms with E-state index in [0.29, 0.717) is 19.3 Å². The van der Waals surface area contributed by atoms with E-state index >= 15 is 0 Å². The van der Waals surface area contributed by atoms with E-state index in [0.717, 1.165) is 11.1 Å². The van der Waals surface area contributed by atoms with E-state index in [4.69, 9.17) is 9.47 Å². The number of hydrogen-bond donors (Lipinski definition) is 3. The van der Waals surface area contributed by atoms with Gasteiger partial charge in [0, 0.05) is 30.8 Å². The summed E-state index contributed by atoms with van der Waals surface area (Å²) in [5.41, 5.74) is -5.96. The van der Waals surface area contributed by atoms with Crippen LogP contribution < -0.4 is 0 Å². The summed E-state index contributed by atoms with van der Waals surface area (Å²) in [5.74, 6) is -2.15. The lowest BCUT2D eigenvalue weighted by atomic mass is 9.42. The lowest BCUT2D eigenvalue weighted by molar-refractivity contribution is -0.314. The zero-order valence-corrected chi connectivity index (χ0v) is 25.9. The van der Waals surface area contributed by atoms with E-state index in [1.54, 1.807) is 6.92 Å². The molecule has 0 aromatic carbocycles. The zero-order valence-electron chi connectivity index (χ0n) is 25.9. The second kappa shape index (κ2) is 10.6. The van der Waals surface area contributed by atoms with Gasteiger partial charge in [-0.15, -0.1) is 0 Å². The molecule has 10 heteroatoms. The predicted molar refractivity (Wildman–Crippen MR) is 155 cm³/mol. The van der Waals surface area contributed by atoms with Crippen LogP contribution >= 0.6 is 0 Å². The normalized spacial score (nSPS) is 40.6. The maximum atomic E-state index is 13.2. The fourth-order valence-corrected chi connectivity index (χ4v) is 8.60. The van der Waals surface area contributed by atoms with E-state index in [2.05, 4.69) is 9.97 Å². The highest BCUT2D eigenvalue weighted by atomic mass is 16.6. The fourth-order valence-electron chi connectivity index (χ4n) is 8.60. The Bertz CT molecular complexity index is 1380. The Balaban J connectivity index is 1.51. The number of rotatable bonds is 6. The zero-order chi connectivity index (χ0) is 31.6. The maximum Gasteiger partial charge on any atom is 0.358 e. The minimum atomic E-state index is -2.00. The van der Waals surface area contributed by atoms with Crippen molar-refractivity contribution in [2.24, 2.45) is 22.7 Å². The van der Waals surface area contributed by atoms with Gasteiger partial charge in [0.15, 0.2) is 11.5 Å². The molecule has 43 heavy (non-hydrogen) atoms. The number of esters is 2. The monoisotopic (exact) mass is 596 g/mol. The van der Waals surface area contributed by atoms with Gasteiger partial charge in [-0.1, -0.05) is 38.0 Å². The molecular weight excluding hydrogens is 552 g/mol. The van der Waals surface area contributed by atoms with Gasteiger partial charge in [-0.25, -0.2) is 14.6 Å². The Hall–Kier alpha value is -2.95. The van der Waals surface area contributed by atoms with Crippen LogP contribution in [0.15, 0.2) is 41.9 Å². The third kappa shape index (κ3) is 4.51. The molecule has 5 rings (SSSR count). The number of ketones is 1. The summed E-state index contributed by atoms with van der Waals surface area (Å²) in [7, 11) is 0. The van der Waals surface area contributed by atoms with Gasteiger partial charge in [0.2, 0.25) is 0 Å². The van der Waals surface area contributed by atoms with Crippen LogP contribution in [0.1, 0.15) is 97.0 Å². The number of hydrogen-bond acceptors (Lipinski definition) is 10. The highest BCUT2D eigenvalue weighted by Gasteiger charge is 2.81. The first kappa shape index (κ1) is 31.5. The van der Waals surface area contributed by atoms with Crippen molar-refractivity contribution in [3.63, 3.8) is 0 Å². The van der Waals surface area contributed by atoms with Crippen molar-refractivity contribution in [2.45, 2.75) is 115 Å². The van der Waals surface area contributed by atoms with Gasteiger partial charge in [-0.2, -0.15) is 0 Å². The molecule has 10 nitrogen and oxygen atoms in total. The molecule has 4 aliphatic rings. The van der Waals surface area contributed by atoms with Crippen molar-refractivity contribution in [1.82, 2.24) is 9.97 Å². The van der Waals surface area contributed by atoms with Gasteiger partial charge < -0.3 is 24.8 Å². The number of ether oxygens (including phenoxy) is 2. The minimum Gasteiger partial charge on any atom is -0.458 e. The van der Waals surface area contributed by atoms with Crippen LogP contribution in [-0.2, 0) is 19.1 Å². The van der Waals surface area contributed by atoms with E-state index in [1.807, 2.05) is 33.8 Å². The van der Waals surface area contributed by atoms with Crippen LogP contribution in [0.5, 0.6) is 0 Å². The van der Waals surface area contributed by atoms with Crippen LogP contribution in [0, 0.1) is 22.7 Å². The molecule has 0 unspecified atom stereocenters. The summed E-state index contributed by atoms with van der Waals surface area (Å²) >= 11 is 0. The average Bonchev–Trinajstić information content (AvgIpc) is 3.19. The molecule has 3 saturated carbocycles. The standard InChI is InChI=1S/C33H44N2O8/c1-19(2)20(3)15-27(37)43-26-17-25-29(5)9-8-23(42-28(38)24-18-34-13-14-35-24)16-22(29)7-10-32(25,40)33(41)12-11-31(39,21(4)36)30(26,33)6/h7,13-15,18-19,23,25-26,39-41H,8-12,16-17H2,1-6H3/b20-15+/t23-,25+,26+,29-,30+,31+,32-,33+/m0/s1. The second-order valence-corrected chi connectivity index (χ2v) is 13.9. The fraction of sp³-hybridized carbons (Fsp3) is 0.667. The molecule has 0 radical (unpaired) electrons. The number of allylic oxidation sites excluding steroid dienone is 1. The Morgan fingerprint density at radius 1 is 1.05 bits per heavy atom. The lowest BCUT2D eigenvalue weighted by Crippen LogP contribution is -2.78. The molecule has 0 saturated heterocycles. The largest absolute Gasteiger partial charge is 0.458 e. The van der Waals surface area contributed by atoms with E-state index < -0.39 is 63.5 Å². The summed E-state index contributed by atoms with van der Waals surface area (Å²) in [5, 5.41) is 37.0. The topological polar surface area (TPSA) is 156 Å². The van der Waals surface area contributed by atoms with E-state index in [9.17, 15) is 29.7 Å². The molecule has 4 aliphatic carbocycles. The molecule has 3 fully saturated rings. The van der Waals surface area contributed by atoms with E-state index in [1.165, 1.54) is 31.6 Å². The molecule has 8 atom stereocenters. The van der Waals surface area contributed by atoms with Crippen molar-refractivity contribution in [3.05, 3.63) is 47.6 Å². The SMILES string of the molecule is CC(=O)[C@]1(O)CC[C@@]2(O)[C@]1(C)[C@H](OC(=O)/C=C(\C)C(C)C)C[C@@H]1[C@@]3(C)CC[C@H](OC(=O)c4cnccn4)CC3=CC[C@]12O. The molecule has 0 amide bonds. The van der Waals surface area contributed by atoms with Gasteiger partial charge in [0.05, 0.1) is 11.6 Å². The molecule has 234 valence electrons. The number of carbonyl (C=O) groups is 3. The average molecular weight is 597 g/mol. The number of aliphatic hydroxyl groups is 3. The summed E-state index contributed by atoms with van der Waals surface area (Å²) in [6.45, 7) is 10.6. The number of Topliss-reactive ketones (excluding diaryl/α,β-unsaturated/α-hetero) is 1. The smallest absolute Gasteiger partial charge is 0.358 e. The number of nitrogens with zero attached hydrogens (tertiary/aromatic N) is 2. The van der Waals surface area contributed by atoms with Crippen molar-refractivity contribution in [2.75, 3.05) is 0 Å². The molecule has 1 heterocycles. The van der Waals surface area contributed by atoms with Gasteiger partial charge in [0.1, 0.15) is 29.0 Å². The first-order chi connectivity index (χ1) is 20.0. The van der Waals surface area contributed by atoms with Gasteiger partial charge in [0.25, 0.3) is 0 Å². The van der Waals surface area contributed by atoms with Crippen LogP contribution in [0.25, 0.3) is 0 Å². The van der Waals surface area contributed by atoms with Crippen LogP contribution in [-0.4, -0.2) is 72.0 Å². The Labute approximate surface area is 252 Å². The number of carbonyl (C=O) groups excluding carboxylic acids is 3. The summed E-state index contributed by atoms with van der Waals surface area (Å²) < 4.78 is 11.9. The van der Waals surface area contributed by atoms with Crippen LogP contribution in [0.3, 0.4) is 0 Å². The molecule has 1 aromatic heterocycles. The van der Waals surface area contributed by atoms with Crippen molar-refractivity contribution in [1.29, 1.82) is 0 Å². The quantitative estimate of drug-likeness (QED) is 0.252. The minimum absolute atomic E-state index is 0.0287. The number of aromatic nitrogens is 2. The van der Waals surface area contributed by atoms with Gasteiger partial charge in [-0.05, 0) is 70.6 Å². The summed E-state index contributed by atoms with van der Waals surface area (Å²) in [6.07, 6.45) is 7.80. The van der Waals surface area contributed by atoms with E-state index in [-0.39, 0.29) is 37.3 Å². The van der Waals surface area contributed by atoms with Crippen LogP contribution in [0.2, 0.25) is 0 Å². The summed E-state index contributed by atoms with van der Waals surface area (Å²) in [6, 6.07) is 0. The van der Waals surface area contributed by atoms with Gasteiger partial charge >= 0.3 is 11.9 Å². The molecule has 0 bridgehead atoms. The Morgan fingerprint density at radius 2 is 1.77 bits per heavy atom. The lowest BCUT2D eigenvalue weighted by Gasteiger charge is -2.67. The van der Waals surface area contributed by atoms with Crippen LogP contribution in [0.4, 0.5) is 0 Å². The van der Waals surface area contributed by atoms with Gasteiger partial charge in [-0.3, -0.25) is 9.78 Å². The Kier molecular flexibility index (Phi) is 7.75. The molecule has 0 spiro atoms. The molecule has 1 aromatic rings. The molecule has 3 N–H and O–H groups in total. The van der Waals surface area contributed by atoms with Crippen molar-refractivity contribution in [3.8, 4) is 0 Å². The molecular formula is C33H44N2O8. The number of fused-ring (bicyclic) bond motifs is 5. The second-order valence-electron chi connectivity index (χ2n) is 13.9. The first-order valence-electron chi connectivity index (χ1n) is 15.3. The molecule has 0 aliphatic heterocycles. The maximum absolute atomic E-state index is 13.2. The predicted octanol–water partition coefficient (Wildman–Crippen LogP) is 3.64. The highest BCUT2D eigenvalue weighted by molar-refractivity contribution is 5.88. The van der Waals surface area contributed by atoms with Crippen molar-refractivity contribution < 1.29 is 39.2 Å². The summed E-state index contributed by atoms with van der Waals surface area (Å²) in [4.78, 5) is 46.9. The first-order valence-corrected chi connectivity index (χ1v) is 15.3. The van der Waals surface area contributed by atoms with Crippen molar-refractivity contribution >= 4 is 17.7 Å². The third-order valence-corrected chi connectivity index (χ3v) is 11.7. The third-order valence-electron chi connectivity index (χ3n) is 11.7.